The van der Waals surface area contributed by atoms with Crippen LogP contribution in [0.3, 0.4) is 0 Å². The molecule has 0 atom stereocenters. The highest BCUT2D eigenvalue weighted by Gasteiger charge is 2.09. The lowest BCUT2D eigenvalue weighted by atomic mass is 10.2. The molecule has 0 spiro atoms. The molecule has 0 aliphatic heterocycles. The second-order valence-electron chi connectivity index (χ2n) is 5.48. The Kier molecular flexibility index (Phi) is 5.45. The molecule has 0 aliphatic rings. The second kappa shape index (κ2) is 7.76. The molecule has 3 rings (SSSR count). The maximum absolute atomic E-state index is 12.3. The SMILES string of the molecule is CC/C(C)=N/Nc1nc2ccc(NC(=O)c3cccc(Br)c3)cc2s1. The maximum Gasteiger partial charge on any atom is 0.255 e. The molecule has 5 nitrogen and oxygen atoms in total. The largest absolute Gasteiger partial charge is 0.322 e. The summed E-state index contributed by atoms with van der Waals surface area (Å²) in [6.07, 6.45) is 0.893. The Bertz CT molecular complexity index is 951. The Balaban J connectivity index is 1.78. The Morgan fingerprint density at radius 1 is 1.28 bits per heavy atom. The van der Waals surface area contributed by atoms with E-state index in [1.54, 1.807) is 12.1 Å². The van der Waals surface area contributed by atoms with Crippen LogP contribution in [-0.2, 0) is 0 Å². The van der Waals surface area contributed by atoms with Gasteiger partial charge in [-0.2, -0.15) is 5.10 Å². The van der Waals surface area contributed by atoms with Crippen molar-refractivity contribution in [1.82, 2.24) is 4.98 Å². The first-order valence-electron chi connectivity index (χ1n) is 7.82. The van der Waals surface area contributed by atoms with Crippen molar-refractivity contribution < 1.29 is 4.79 Å². The molecule has 0 unspecified atom stereocenters. The zero-order valence-corrected chi connectivity index (χ0v) is 16.2. The lowest BCUT2D eigenvalue weighted by molar-refractivity contribution is 0.102. The number of rotatable bonds is 5. The van der Waals surface area contributed by atoms with E-state index in [0.717, 1.165) is 37.6 Å². The first kappa shape index (κ1) is 17.6. The minimum Gasteiger partial charge on any atom is -0.322 e. The van der Waals surface area contributed by atoms with E-state index in [4.69, 9.17) is 0 Å². The lowest BCUT2D eigenvalue weighted by Crippen LogP contribution is -2.11. The topological polar surface area (TPSA) is 66.4 Å². The molecule has 0 fully saturated rings. The van der Waals surface area contributed by atoms with Crippen molar-refractivity contribution in [2.24, 2.45) is 5.10 Å². The zero-order valence-electron chi connectivity index (χ0n) is 13.8. The number of halogens is 1. The van der Waals surface area contributed by atoms with Crippen LogP contribution in [0, 0.1) is 0 Å². The number of nitrogens with one attached hydrogen (secondary N) is 2. The first-order chi connectivity index (χ1) is 12.0. The standard InChI is InChI=1S/C18H17BrN4OS/c1-3-11(2)22-23-18-21-15-8-7-14(10-16(15)25-18)20-17(24)12-5-4-6-13(19)9-12/h4-10H,3H2,1-2H3,(H,20,24)(H,21,23)/b22-11+. The fraction of sp³-hybridized carbons (Fsp3) is 0.167. The van der Waals surface area contributed by atoms with Gasteiger partial charge in [-0.25, -0.2) is 4.98 Å². The summed E-state index contributed by atoms with van der Waals surface area (Å²) in [4.78, 5) is 16.8. The first-order valence-corrected chi connectivity index (χ1v) is 9.43. The minimum atomic E-state index is -0.147. The van der Waals surface area contributed by atoms with E-state index >= 15 is 0 Å². The minimum absolute atomic E-state index is 0.147. The monoisotopic (exact) mass is 416 g/mol. The van der Waals surface area contributed by atoms with Gasteiger partial charge in [0, 0.05) is 21.4 Å². The van der Waals surface area contributed by atoms with Crippen molar-refractivity contribution in [1.29, 1.82) is 0 Å². The second-order valence-corrected chi connectivity index (χ2v) is 7.42. The number of aromatic nitrogens is 1. The van der Waals surface area contributed by atoms with Gasteiger partial charge in [-0.3, -0.25) is 10.2 Å². The number of anilines is 2. The van der Waals surface area contributed by atoms with E-state index in [9.17, 15) is 4.79 Å². The highest BCUT2D eigenvalue weighted by atomic mass is 79.9. The Morgan fingerprint density at radius 2 is 2.12 bits per heavy atom. The van der Waals surface area contributed by atoms with Gasteiger partial charge in [-0.1, -0.05) is 40.3 Å². The van der Waals surface area contributed by atoms with Crippen LogP contribution >= 0.6 is 27.3 Å². The molecule has 1 aromatic heterocycles. The van der Waals surface area contributed by atoms with E-state index in [2.05, 4.69) is 43.7 Å². The molecule has 0 saturated heterocycles. The fourth-order valence-corrected chi connectivity index (χ4v) is 3.35. The Labute approximate surface area is 158 Å². The number of nitrogens with zero attached hydrogens (tertiary/aromatic N) is 2. The van der Waals surface area contributed by atoms with E-state index < -0.39 is 0 Å². The van der Waals surface area contributed by atoms with Crippen LogP contribution in [0.25, 0.3) is 10.2 Å². The van der Waals surface area contributed by atoms with Gasteiger partial charge in [0.1, 0.15) is 0 Å². The third-order valence-corrected chi connectivity index (χ3v) is 5.00. The molecular formula is C18H17BrN4OS. The van der Waals surface area contributed by atoms with Gasteiger partial charge in [-0.15, -0.1) is 0 Å². The highest BCUT2D eigenvalue weighted by molar-refractivity contribution is 9.10. The Morgan fingerprint density at radius 3 is 2.88 bits per heavy atom. The predicted octanol–water partition coefficient (Wildman–Crippen LogP) is 5.51. The van der Waals surface area contributed by atoms with E-state index in [1.807, 2.05) is 37.3 Å². The number of hydrazone groups is 1. The molecule has 2 aromatic carbocycles. The Hall–Kier alpha value is -2.25. The third kappa shape index (κ3) is 4.43. The predicted molar refractivity (Wildman–Crippen MR) is 109 cm³/mol. The molecule has 7 heteroatoms. The average molecular weight is 417 g/mol. The van der Waals surface area contributed by atoms with Crippen molar-refractivity contribution >= 4 is 59.9 Å². The van der Waals surface area contributed by atoms with Crippen molar-refractivity contribution in [3.05, 3.63) is 52.5 Å². The van der Waals surface area contributed by atoms with Gasteiger partial charge in [0.2, 0.25) is 5.13 Å². The van der Waals surface area contributed by atoms with Gasteiger partial charge in [0.05, 0.1) is 10.2 Å². The molecule has 128 valence electrons. The molecular weight excluding hydrogens is 400 g/mol. The van der Waals surface area contributed by atoms with Crippen LogP contribution in [-0.4, -0.2) is 16.6 Å². The van der Waals surface area contributed by atoms with Crippen molar-refractivity contribution in [3.63, 3.8) is 0 Å². The van der Waals surface area contributed by atoms with Crippen LogP contribution in [0.1, 0.15) is 30.6 Å². The van der Waals surface area contributed by atoms with Gasteiger partial charge in [0.25, 0.3) is 5.91 Å². The number of amides is 1. The number of carbonyl (C=O) groups is 1. The number of thiazole rings is 1. The number of benzene rings is 2. The summed E-state index contributed by atoms with van der Waals surface area (Å²) in [6.45, 7) is 4.02. The summed E-state index contributed by atoms with van der Waals surface area (Å²) in [5.74, 6) is -0.147. The number of fused-ring (bicyclic) bond motifs is 1. The van der Waals surface area contributed by atoms with Crippen molar-refractivity contribution in [3.8, 4) is 0 Å². The smallest absolute Gasteiger partial charge is 0.255 e. The molecule has 2 N–H and O–H groups in total. The van der Waals surface area contributed by atoms with Crippen LogP contribution in [0.5, 0.6) is 0 Å². The summed E-state index contributed by atoms with van der Waals surface area (Å²) in [5, 5.41) is 7.92. The summed E-state index contributed by atoms with van der Waals surface area (Å²) < 4.78 is 1.86. The molecule has 25 heavy (non-hydrogen) atoms. The normalized spacial score (nSPS) is 11.6. The summed E-state index contributed by atoms with van der Waals surface area (Å²) in [6, 6.07) is 13.0. The summed E-state index contributed by atoms with van der Waals surface area (Å²) in [7, 11) is 0. The van der Waals surface area contributed by atoms with Crippen LogP contribution < -0.4 is 10.7 Å². The molecule has 1 amide bonds. The van der Waals surface area contributed by atoms with Gasteiger partial charge >= 0.3 is 0 Å². The van der Waals surface area contributed by atoms with E-state index in [1.165, 1.54) is 11.3 Å². The molecule has 0 saturated carbocycles. The maximum atomic E-state index is 12.3. The van der Waals surface area contributed by atoms with Crippen LogP contribution in [0.15, 0.2) is 52.0 Å². The average Bonchev–Trinajstić information content (AvgIpc) is 3.01. The highest BCUT2D eigenvalue weighted by Crippen LogP contribution is 2.28. The fourth-order valence-electron chi connectivity index (χ4n) is 2.11. The zero-order chi connectivity index (χ0) is 17.8. The quantitative estimate of drug-likeness (QED) is 0.425. The molecule has 0 radical (unpaired) electrons. The number of carbonyl (C=O) groups excluding carboxylic acids is 1. The van der Waals surface area contributed by atoms with Gasteiger partial charge < -0.3 is 5.32 Å². The van der Waals surface area contributed by atoms with E-state index in [-0.39, 0.29) is 5.91 Å². The molecule has 0 aliphatic carbocycles. The molecule has 0 bridgehead atoms. The summed E-state index contributed by atoms with van der Waals surface area (Å²) in [5.41, 5.74) is 6.21. The van der Waals surface area contributed by atoms with Gasteiger partial charge in [0.15, 0.2) is 0 Å². The van der Waals surface area contributed by atoms with E-state index in [0.29, 0.717) is 5.56 Å². The van der Waals surface area contributed by atoms with Crippen LogP contribution in [0.2, 0.25) is 0 Å². The molecule has 3 aromatic rings. The molecule has 1 heterocycles. The van der Waals surface area contributed by atoms with Crippen LogP contribution in [0.4, 0.5) is 10.8 Å². The van der Waals surface area contributed by atoms with Crippen molar-refractivity contribution in [2.75, 3.05) is 10.7 Å². The number of hydrogen-bond donors (Lipinski definition) is 2. The third-order valence-electron chi connectivity index (χ3n) is 3.59. The summed E-state index contributed by atoms with van der Waals surface area (Å²) >= 11 is 4.88. The lowest BCUT2D eigenvalue weighted by Gasteiger charge is -2.05. The van der Waals surface area contributed by atoms with Crippen molar-refractivity contribution in [2.45, 2.75) is 20.3 Å². The van der Waals surface area contributed by atoms with Gasteiger partial charge in [-0.05, 0) is 49.7 Å². The number of hydrogen-bond acceptors (Lipinski definition) is 5.